The van der Waals surface area contributed by atoms with Gasteiger partial charge in [-0.25, -0.2) is 0 Å². The molecule has 4 rings (SSSR count). The molecule has 3 aromatic rings. The summed E-state index contributed by atoms with van der Waals surface area (Å²) in [6, 6.07) is 9.31. The number of pyridine rings is 1. The van der Waals surface area contributed by atoms with Crippen LogP contribution in [0.2, 0.25) is 0 Å². The molecule has 1 aliphatic rings. The van der Waals surface area contributed by atoms with Gasteiger partial charge in [-0.3, -0.25) is 4.79 Å². The Morgan fingerprint density at radius 3 is 2.50 bits per heavy atom. The molecule has 0 amide bonds. The van der Waals surface area contributed by atoms with Crippen molar-refractivity contribution < 1.29 is 28.4 Å². The number of benzene rings is 2. The molecule has 0 atom stereocenters. The molecule has 0 bridgehead atoms. The van der Waals surface area contributed by atoms with Crippen molar-refractivity contribution in [2.75, 3.05) is 34.9 Å². The minimum absolute atomic E-state index is 0.154. The van der Waals surface area contributed by atoms with Crippen molar-refractivity contribution in [2.45, 2.75) is 6.61 Å². The predicted molar refractivity (Wildman–Crippen MR) is 111 cm³/mol. The molecule has 0 unspecified atom stereocenters. The first kappa shape index (κ1) is 20.1. The maximum Gasteiger partial charge on any atom is 0.262 e. The van der Waals surface area contributed by atoms with Crippen LogP contribution in [0.25, 0.3) is 22.0 Å². The molecule has 8 heteroatoms. The van der Waals surface area contributed by atoms with Crippen molar-refractivity contribution in [3.8, 4) is 34.3 Å². The van der Waals surface area contributed by atoms with Gasteiger partial charge in [0.2, 0.25) is 6.79 Å². The summed E-state index contributed by atoms with van der Waals surface area (Å²) in [5, 5.41) is 1.20. The second-order valence-electron chi connectivity index (χ2n) is 6.78. The highest BCUT2D eigenvalue weighted by Crippen LogP contribution is 2.40. The van der Waals surface area contributed by atoms with E-state index >= 15 is 0 Å². The number of ether oxygens (including phenoxy) is 6. The van der Waals surface area contributed by atoms with Crippen LogP contribution in [0, 0.1) is 0 Å². The van der Waals surface area contributed by atoms with Crippen molar-refractivity contribution in [1.29, 1.82) is 0 Å². The Bertz CT molecular complexity index is 1150. The molecular weight excluding hydrogens is 390 g/mol. The first-order valence-electron chi connectivity index (χ1n) is 9.33. The molecule has 0 saturated heterocycles. The third-order valence-electron chi connectivity index (χ3n) is 5.08. The average molecular weight is 413 g/mol. The lowest BCUT2D eigenvalue weighted by Gasteiger charge is -2.17. The van der Waals surface area contributed by atoms with Gasteiger partial charge >= 0.3 is 0 Å². The summed E-state index contributed by atoms with van der Waals surface area (Å²) < 4.78 is 34.0. The summed E-state index contributed by atoms with van der Waals surface area (Å²) >= 11 is 0. The van der Waals surface area contributed by atoms with E-state index in [1.54, 1.807) is 31.9 Å². The lowest BCUT2D eigenvalue weighted by Crippen LogP contribution is -2.19. The van der Waals surface area contributed by atoms with Gasteiger partial charge in [-0.05, 0) is 35.2 Å². The first-order valence-corrected chi connectivity index (χ1v) is 9.33. The third-order valence-corrected chi connectivity index (χ3v) is 5.08. The van der Waals surface area contributed by atoms with Gasteiger partial charge in [-0.1, -0.05) is 6.07 Å². The highest BCUT2D eigenvalue weighted by atomic mass is 16.7. The number of aromatic nitrogens is 1. The Hall–Kier alpha value is -3.23. The lowest BCUT2D eigenvalue weighted by atomic mass is 10.0. The van der Waals surface area contributed by atoms with E-state index in [0.29, 0.717) is 34.1 Å². The quantitative estimate of drug-likeness (QED) is 0.435. The van der Waals surface area contributed by atoms with E-state index in [4.69, 9.17) is 28.4 Å². The molecule has 8 nitrogen and oxygen atoms in total. The lowest BCUT2D eigenvalue weighted by molar-refractivity contribution is -0.0389. The Balaban J connectivity index is 1.93. The van der Waals surface area contributed by atoms with Crippen LogP contribution in [0.1, 0.15) is 5.56 Å². The van der Waals surface area contributed by atoms with Crippen LogP contribution in [0.15, 0.2) is 35.1 Å². The summed E-state index contributed by atoms with van der Waals surface area (Å²) in [6.07, 6.45) is 0. The summed E-state index contributed by atoms with van der Waals surface area (Å²) in [5.74, 6) is 2.19. The Kier molecular flexibility index (Phi) is 5.52. The summed E-state index contributed by atoms with van der Waals surface area (Å²) in [4.78, 5) is 13.3. The Morgan fingerprint density at radius 1 is 1.03 bits per heavy atom. The van der Waals surface area contributed by atoms with Gasteiger partial charge in [0.25, 0.3) is 5.56 Å². The maximum absolute atomic E-state index is 13.3. The number of hydrogen-bond acceptors (Lipinski definition) is 7. The Labute approximate surface area is 173 Å². The number of fused-ring (bicyclic) bond motifs is 2. The van der Waals surface area contributed by atoms with E-state index in [2.05, 4.69) is 0 Å². The fourth-order valence-electron chi connectivity index (χ4n) is 3.64. The topological polar surface area (TPSA) is 77.4 Å². The number of rotatable bonds is 7. The van der Waals surface area contributed by atoms with Crippen LogP contribution in [0.5, 0.6) is 23.0 Å². The van der Waals surface area contributed by atoms with Gasteiger partial charge in [0.1, 0.15) is 6.79 Å². The van der Waals surface area contributed by atoms with Crippen LogP contribution in [0.4, 0.5) is 0 Å². The van der Waals surface area contributed by atoms with E-state index in [1.807, 2.05) is 24.3 Å². The monoisotopic (exact) mass is 413 g/mol. The molecule has 0 fully saturated rings. The summed E-state index contributed by atoms with van der Waals surface area (Å²) in [5.41, 5.74) is 2.19. The van der Waals surface area contributed by atoms with Gasteiger partial charge in [0.05, 0.1) is 31.9 Å². The Morgan fingerprint density at radius 2 is 1.80 bits per heavy atom. The zero-order chi connectivity index (χ0) is 21.3. The van der Waals surface area contributed by atoms with Crippen molar-refractivity contribution in [2.24, 2.45) is 7.05 Å². The molecular formula is C22H23NO7. The molecule has 1 aliphatic heterocycles. The SMILES string of the molecule is COCOCc1cc2c(cc1-c1cc3ccc(OC)c(OC)c3c(=O)n1C)OCO2. The van der Waals surface area contributed by atoms with Gasteiger partial charge in [0.15, 0.2) is 23.0 Å². The van der Waals surface area contributed by atoms with E-state index in [0.717, 1.165) is 16.5 Å². The standard InChI is InChI=1S/C22H23NO7/c1-23-16(7-13-5-6-17(26-3)21(27-4)20(13)22(23)24)15-9-19-18(29-12-30-19)8-14(15)10-28-11-25-2/h5-9H,10-12H2,1-4H3. The van der Waals surface area contributed by atoms with E-state index < -0.39 is 0 Å². The summed E-state index contributed by atoms with van der Waals surface area (Å²) in [7, 11) is 6.35. The smallest absolute Gasteiger partial charge is 0.262 e. The zero-order valence-corrected chi connectivity index (χ0v) is 17.3. The van der Waals surface area contributed by atoms with Gasteiger partial charge < -0.3 is 33.0 Å². The van der Waals surface area contributed by atoms with Crippen molar-refractivity contribution >= 4 is 10.8 Å². The van der Waals surface area contributed by atoms with E-state index in [9.17, 15) is 4.79 Å². The number of nitrogens with zero attached hydrogens (tertiary/aromatic N) is 1. The fourth-order valence-corrected chi connectivity index (χ4v) is 3.64. The van der Waals surface area contributed by atoms with Crippen molar-refractivity contribution in [3.63, 3.8) is 0 Å². The van der Waals surface area contributed by atoms with Gasteiger partial charge in [-0.2, -0.15) is 0 Å². The zero-order valence-electron chi connectivity index (χ0n) is 17.3. The molecule has 2 heterocycles. The van der Waals surface area contributed by atoms with Gasteiger partial charge in [0, 0.05) is 19.7 Å². The minimum Gasteiger partial charge on any atom is -0.493 e. The van der Waals surface area contributed by atoms with Gasteiger partial charge in [-0.15, -0.1) is 0 Å². The normalized spacial score (nSPS) is 12.4. The first-order chi connectivity index (χ1) is 14.6. The number of hydrogen-bond donors (Lipinski definition) is 0. The van der Waals surface area contributed by atoms with Crippen LogP contribution in [-0.4, -0.2) is 39.5 Å². The highest BCUT2D eigenvalue weighted by molar-refractivity contribution is 5.92. The number of methoxy groups -OCH3 is 3. The minimum atomic E-state index is -0.195. The molecule has 0 N–H and O–H groups in total. The average Bonchev–Trinajstić information content (AvgIpc) is 3.22. The van der Waals surface area contributed by atoms with Crippen LogP contribution in [-0.2, 0) is 23.1 Å². The fraction of sp³-hybridized carbons (Fsp3) is 0.318. The van der Waals surface area contributed by atoms with E-state index in [1.165, 1.54) is 7.11 Å². The third kappa shape index (κ3) is 3.34. The second kappa shape index (κ2) is 8.25. The predicted octanol–water partition coefficient (Wildman–Crippen LogP) is 3.07. The second-order valence-corrected chi connectivity index (χ2v) is 6.78. The van der Waals surface area contributed by atoms with Crippen molar-refractivity contribution in [1.82, 2.24) is 4.57 Å². The molecule has 158 valence electrons. The molecule has 1 aromatic heterocycles. The van der Waals surface area contributed by atoms with Crippen molar-refractivity contribution in [3.05, 3.63) is 46.2 Å². The van der Waals surface area contributed by atoms with E-state index in [-0.39, 0.29) is 25.8 Å². The maximum atomic E-state index is 13.3. The molecule has 0 saturated carbocycles. The molecule has 30 heavy (non-hydrogen) atoms. The van der Waals surface area contributed by atoms with Crippen LogP contribution < -0.4 is 24.5 Å². The summed E-state index contributed by atoms with van der Waals surface area (Å²) in [6.45, 7) is 0.601. The van der Waals surface area contributed by atoms with Crippen LogP contribution in [0.3, 0.4) is 0 Å². The molecule has 0 aliphatic carbocycles. The molecule has 0 spiro atoms. The van der Waals surface area contributed by atoms with Crippen LogP contribution >= 0.6 is 0 Å². The molecule has 0 radical (unpaired) electrons. The largest absolute Gasteiger partial charge is 0.493 e. The molecule has 2 aromatic carbocycles. The highest BCUT2D eigenvalue weighted by Gasteiger charge is 2.22.